The summed E-state index contributed by atoms with van der Waals surface area (Å²) >= 11 is 0. The Bertz CT molecular complexity index is 501. The Balaban J connectivity index is 2.79. The van der Waals surface area contributed by atoms with Crippen molar-refractivity contribution in [1.82, 2.24) is 0 Å². The molecule has 1 rings (SSSR count). The van der Waals surface area contributed by atoms with Crippen molar-refractivity contribution in [2.24, 2.45) is 0 Å². The van der Waals surface area contributed by atoms with Gasteiger partial charge in [-0.15, -0.1) is 0 Å². The molecule has 6 nitrogen and oxygen atoms in total. The molecule has 2 N–H and O–H groups in total. The SMILES string of the molecule is C=CCOC(=O)Nc1cc(C)c(OCC(=O)O)c(C)c1. The standard InChI is InChI=1S/C14H17NO5/c1-4-5-19-14(18)15-11-6-9(2)13(10(3)7-11)20-8-12(16)17/h4,6-7H,1,5,8H2,2-3H3,(H,15,18)(H,16,17). The molecule has 0 spiro atoms. The highest BCUT2D eigenvalue weighted by Crippen LogP contribution is 2.27. The van der Waals surface area contributed by atoms with Gasteiger partial charge in [0.15, 0.2) is 6.61 Å². The van der Waals surface area contributed by atoms with E-state index in [4.69, 9.17) is 14.6 Å². The summed E-state index contributed by atoms with van der Waals surface area (Å²) in [5.74, 6) is -0.545. The maximum atomic E-state index is 11.4. The molecule has 1 aromatic carbocycles. The van der Waals surface area contributed by atoms with Crippen LogP contribution in [0.4, 0.5) is 10.5 Å². The third-order valence-corrected chi connectivity index (χ3v) is 2.38. The van der Waals surface area contributed by atoms with Crippen LogP contribution in [0.25, 0.3) is 0 Å². The molecule has 0 saturated heterocycles. The number of ether oxygens (including phenoxy) is 2. The van der Waals surface area contributed by atoms with Gasteiger partial charge in [0.05, 0.1) is 0 Å². The van der Waals surface area contributed by atoms with Crippen molar-refractivity contribution in [1.29, 1.82) is 0 Å². The molecule has 0 bridgehead atoms. The van der Waals surface area contributed by atoms with Gasteiger partial charge in [-0.05, 0) is 37.1 Å². The van der Waals surface area contributed by atoms with Crippen molar-refractivity contribution >= 4 is 17.7 Å². The fourth-order valence-corrected chi connectivity index (χ4v) is 1.67. The van der Waals surface area contributed by atoms with Crippen LogP contribution < -0.4 is 10.1 Å². The third kappa shape index (κ3) is 4.64. The molecule has 0 unspecified atom stereocenters. The molecule has 1 amide bonds. The lowest BCUT2D eigenvalue weighted by Gasteiger charge is -2.13. The van der Waals surface area contributed by atoms with Crippen LogP contribution in [-0.4, -0.2) is 30.4 Å². The number of amides is 1. The Hall–Kier alpha value is -2.50. The topological polar surface area (TPSA) is 84.9 Å². The van der Waals surface area contributed by atoms with Crippen LogP contribution >= 0.6 is 0 Å². The van der Waals surface area contributed by atoms with Crippen LogP contribution in [0, 0.1) is 13.8 Å². The summed E-state index contributed by atoms with van der Waals surface area (Å²) in [6.07, 6.45) is 0.891. The molecule has 0 radical (unpaired) electrons. The minimum Gasteiger partial charge on any atom is -0.481 e. The first-order valence-corrected chi connectivity index (χ1v) is 5.94. The average Bonchev–Trinajstić information content (AvgIpc) is 2.35. The molecule has 0 saturated carbocycles. The summed E-state index contributed by atoms with van der Waals surface area (Å²) in [5.41, 5.74) is 2.01. The molecule has 0 aliphatic heterocycles. The number of anilines is 1. The van der Waals surface area contributed by atoms with E-state index in [2.05, 4.69) is 11.9 Å². The van der Waals surface area contributed by atoms with E-state index in [1.807, 2.05) is 0 Å². The minimum absolute atomic E-state index is 0.129. The van der Waals surface area contributed by atoms with E-state index in [1.54, 1.807) is 26.0 Å². The molecule has 108 valence electrons. The van der Waals surface area contributed by atoms with Crippen molar-refractivity contribution in [3.63, 3.8) is 0 Å². The molecule has 0 fully saturated rings. The van der Waals surface area contributed by atoms with Gasteiger partial charge >= 0.3 is 12.1 Å². The fourth-order valence-electron chi connectivity index (χ4n) is 1.67. The maximum absolute atomic E-state index is 11.4. The van der Waals surface area contributed by atoms with Gasteiger partial charge in [0, 0.05) is 5.69 Å². The predicted octanol–water partition coefficient (Wildman–Crippen LogP) is 2.50. The number of carbonyl (C=O) groups excluding carboxylic acids is 1. The number of carboxylic acids is 1. The molecular formula is C14H17NO5. The molecule has 0 aromatic heterocycles. The van der Waals surface area contributed by atoms with Crippen LogP contribution in [0.3, 0.4) is 0 Å². The Morgan fingerprint density at radius 3 is 2.45 bits per heavy atom. The minimum atomic E-state index is -1.04. The van der Waals surface area contributed by atoms with E-state index in [-0.39, 0.29) is 6.61 Å². The zero-order chi connectivity index (χ0) is 15.1. The van der Waals surface area contributed by atoms with Crippen LogP contribution in [0.1, 0.15) is 11.1 Å². The van der Waals surface area contributed by atoms with E-state index in [0.29, 0.717) is 11.4 Å². The summed E-state index contributed by atoms with van der Waals surface area (Å²) in [6.45, 7) is 6.70. The van der Waals surface area contributed by atoms with Gasteiger partial charge in [0.2, 0.25) is 0 Å². The van der Waals surface area contributed by atoms with E-state index in [0.717, 1.165) is 11.1 Å². The number of benzene rings is 1. The molecule has 20 heavy (non-hydrogen) atoms. The second-order valence-corrected chi connectivity index (χ2v) is 4.13. The molecule has 0 atom stereocenters. The lowest BCUT2D eigenvalue weighted by molar-refractivity contribution is -0.139. The van der Waals surface area contributed by atoms with Crippen molar-refractivity contribution in [3.05, 3.63) is 35.9 Å². The highest BCUT2D eigenvalue weighted by Gasteiger charge is 2.10. The average molecular weight is 279 g/mol. The highest BCUT2D eigenvalue weighted by molar-refractivity contribution is 5.85. The fraction of sp³-hybridized carbons (Fsp3) is 0.286. The van der Waals surface area contributed by atoms with Crippen LogP contribution in [-0.2, 0) is 9.53 Å². The Labute approximate surface area is 117 Å². The molecular weight excluding hydrogens is 262 g/mol. The number of nitrogens with one attached hydrogen (secondary N) is 1. The van der Waals surface area contributed by atoms with Gasteiger partial charge < -0.3 is 14.6 Å². The zero-order valence-corrected chi connectivity index (χ0v) is 11.4. The molecule has 1 aromatic rings. The summed E-state index contributed by atoms with van der Waals surface area (Å²) in [4.78, 5) is 21.9. The Morgan fingerprint density at radius 1 is 1.35 bits per heavy atom. The Kier molecular flexibility index (Phi) is 5.58. The van der Waals surface area contributed by atoms with E-state index >= 15 is 0 Å². The molecule has 0 heterocycles. The summed E-state index contributed by atoms with van der Waals surface area (Å²) < 4.78 is 10.0. The Morgan fingerprint density at radius 2 is 1.95 bits per heavy atom. The number of hydrogen-bond acceptors (Lipinski definition) is 4. The lowest BCUT2D eigenvalue weighted by Crippen LogP contribution is -2.14. The molecule has 6 heteroatoms. The van der Waals surface area contributed by atoms with Crippen LogP contribution in [0.5, 0.6) is 5.75 Å². The third-order valence-electron chi connectivity index (χ3n) is 2.38. The second kappa shape index (κ2) is 7.18. The zero-order valence-electron chi connectivity index (χ0n) is 11.4. The lowest BCUT2D eigenvalue weighted by atomic mass is 10.1. The first-order chi connectivity index (χ1) is 9.43. The van der Waals surface area contributed by atoms with Crippen molar-refractivity contribution in [3.8, 4) is 5.75 Å². The van der Waals surface area contributed by atoms with E-state index in [9.17, 15) is 9.59 Å². The number of rotatable bonds is 6. The number of aliphatic carboxylic acids is 1. The number of carbonyl (C=O) groups is 2. The summed E-state index contributed by atoms with van der Waals surface area (Å²) in [6, 6.07) is 3.36. The molecule has 0 aliphatic rings. The summed E-state index contributed by atoms with van der Waals surface area (Å²) in [7, 11) is 0. The van der Waals surface area contributed by atoms with Gasteiger partial charge in [-0.1, -0.05) is 12.7 Å². The maximum Gasteiger partial charge on any atom is 0.411 e. The monoisotopic (exact) mass is 279 g/mol. The van der Waals surface area contributed by atoms with E-state index in [1.165, 1.54) is 6.08 Å². The molecule has 0 aliphatic carbocycles. The van der Waals surface area contributed by atoms with Crippen molar-refractivity contribution in [2.75, 3.05) is 18.5 Å². The van der Waals surface area contributed by atoms with Gasteiger partial charge in [-0.2, -0.15) is 0 Å². The van der Waals surface area contributed by atoms with Gasteiger partial charge in [0.1, 0.15) is 12.4 Å². The van der Waals surface area contributed by atoms with Gasteiger partial charge in [-0.25, -0.2) is 9.59 Å². The van der Waals surface area contributed by atoms with Gasteiger partial charge in [0.25, 0.3) is 0 Å². The normalized spacial score (nSPS) is 9.70. The largest absolute Gasteiger partial charge is 0.481 e. The second-order valence-electron chi connectivity index (χ2n) is 4.13. The predicted molar refractivity (Wildman–Crippen MR) is 74.2 cm³/mol. The quantitative estimate of drug-likeness (QED) is 0.781. The van der Waals surface area contributed by atoms with Crippen LogP contribution in [0.15, 0.2) is 24.8 Å². The first-order valence-electron chi connectivity index (χ1n) is 5.94. The number of hydrogen-bond donors (Lipinski definition) is 2. The smallest absolute Gasteiger partial charge is 0.411 e. The van der Waals surface area contributed by atoms with Crippen molar-refractivity contribution < 1.29 is 24.2 Å². The number of carboxylic acid groups (broad SMARTS) is 1. The van der Waals surface area contributed by atoms with Crippen LogP contribution in [0.2, 0.25) is 0 Å². The summed E-state index contributed by atoms with van der Waals surface area (Å²) in [5, 5.41) is 11.2. The number of aryl methyl sites for hydroxylation is 2. The van der Waals surface area contributed by atoms with Crippen molar-refractivity contribution in [2.45, 2.75) is 13.8 Å². The van der Waals surface area contributed by atoms with Gasteiger partial charge in [-0.3, -0.25) is 5.32 Å². The van der Waals surface area contributed by atoms with E-state index < -0.39 is 18.7 Å². The highest BCUT2D eigenvalue weighted by atomic mass is 16.5. The first kappa shape index (κ1) is 15.6.